The van der Waals surface area contributed by atoms with E-state index in [-0.39, 0.29) is 5.91 Å². The highest BCUT2D eigenvalue weighted by molar-refractivity contribution is 6.30. The smallest absolute Gasteiger partial charge is 0.279 e. The minimum atomic E-state index is 0.120. The number of halogens is 1. The average Bonchev–Trinajstić information content (AvgIpc) is 2.50. The van der Waals surface area contributed by atoms with E-state index < -0.39 is 0 Å². The second kappa shape index (κ2) is 7.01. The van der Waals surface area contributed by atoms with Crippen molar-refractivity contribution >= 4 is 23.2 Å². The van der Waals surface area contributed by atoms with Gasteiger partial charge in [0.05, 0.1) is 13.1 Å². The number of anilines is 1. The summed E-state index contributed by atoms with van der Waals surface area (Å²) in [5, 5.41) is 3.75. The lowest BCUT2D eigenvalue weighted by atomic mass is 9.75. The molecule has 1 aliphatic carbocycles. The molecule has 1 amide bonds. The number of aryl methyl sites for hydroxylation is 1. The van der Waals surface area contributed by atoms with Gasteiger partial charge in [0, 0.05) is 16.6 Å². The molecular formula is C18H26ClN2O+. The Kier molecular flexibility index (Phi) is 5.04. The molecule has 2 N–H and O–H groups in total. The molecule has 22 heavy (non-hydrogen) atoms. The third-order valence-corrected chi connectivity index (χ3v) is 5.59. The SMILES string of the molecule is Cc1cc(Cl)ccc1NC(=O)C[NH+]1CC[C@H]2CCCC[C@@H]2C1. The molecule has 120 valence electrons. The highest BCUT2D eigenvalue weighted by Crippen LogP contribution is 2.32. The van der Waals surface area contributed by atoms with Crippen molar-refractivity contribution < 1.29 is 9.69 Å². The minimum absolute atomic E-state index is 0.120. The first kappa shape index (κ1) is 15.8. The van der Waals surface area contributed by atoms with Crippen LogP contribution in [-0.4, -0.2) is 25.5 Å². The number of rotatable bonds is 3. The Bertz CT molecular complexity index is 546. The predicted octanol–water partition coefficient (Wildman–Crippen LogP) is 2.68. The maximum Gasteiger partial charge on any atom is 0.279 e. The summed E-state index contributed by atoms with van der Waals surface area (Å²) >= 11 is 5.96. The minimum Gasteiger partial charge on any atom is -0.327 e. The lowest BCUT2D eigenvalue weighted by Gasteiger charge is -2.38. The van der Waals surface area contributed by atoms with Crippen molar-refractivity contribution in [2.75, 3.05) is 25.0 Å². The van der Waals surface area contributed by atoms with E-state index in [9.17, 15) is 4.79 Å². The Hall–Kier alpha value is -1.06. The van der Waals surface area contributed by atoms with Crippen LogP contribution in [0.25, 0.3) is 0 Å². The molecular weight excluding hydrogens is 296 g/mol. The topological polar surface area (TPSA) is 33.5 Å². The first-order valence-electron chi connectivity index (χ1n) is 8.51. The molecule has 0 spiro atoms. The lowest BCUT2D eigenvalue weighted by Crippen LogP contribution is -3.15. The number of fused-ring (bicyclic) bond motifs is 1. The maximum absolute atomic E-state index is 12.3. The Morgan fingerprint density at radius 2 is 2.05 bits per heavy atom. The number of nitrogens with one attached hydrogen (secondary N) is 2. The summed E-state index contributed by atoms with van der Waals surface area (Å²) < 4.78 is 0. The quantitative estimate of drug-likeness (QED) is 0.881. The summed E-state index contributed by atoms with van der Waals surface area (Å²) in [4.78, 5) is 13.8. The second-order valence-electron chi connectivity index (χ2n) is 6.98. The third kappa shape index (κ3) is 3.82. The van der Waals surface area contributed by atoms with Gasteiger partial charge in [0.15, 0.2) is 6.54 Å². The van der Waals surface area contributed by atoms with E-state index in [1.165, 1.54) is 43.5 Å². The molecule has 1 unspecified atom stereocenters. The van der Waals surface area contributed by atoms with Gasteiger partial charge in [-0.25, -0.2) is 0 Å². The summed E-state index contributed by atoms with van der Waals surface area (Å²) in [5.41, 5.74) is 1.89. The van der Waals surface area contributed by atoms with Gasteiger partial charge in [-0.15, -0.1) is 0 Å². The molecule has 0 aromatic heterocycles. The zero-order valence-electron chi connectivity index (χ0n) is 13.3. The molecule has 1 saturated carbocycles. The molecule has 1 aromatic rings. The van der Waals surface area contributed by atoms with E-state index in [1.807, 2.05) is 25.1 Å². The van der Waals surface area contributed by atoms with Gasteiger partial charge in [0.1, 0.15) is 0 Å². The van der Waals surface area contributed by atoms with Crippen molar-refractivity contribution in [3.63, 3.8) is 0 Å². The summed E-state index contributed by atoms with van der Waals surface area (Å²) in [5.74, 6) is 1.90. The van der Waals surface area contributed by atoms with Gasteiger partial charge < -0.3 is 10.2 Å². The van der Waals surface area contributed by atoms with Crippen LogP contribution in [0.15, 0.2) is 18.2 Å². The van der Waals surface area contributed by atoms with Gasteiger partial charge in [-0.3, -0.25) is 4.79 Å². The number of piperidine rings is 1. The number of quaternary nitrogens is 1. The van der Waals surface area contributed by atoms with E-state index in [0.29, 0.717) is 11.6 Å². The number of hydrogen-bond donors (Lipinski definition) is 2. The molecule has 3 nitrogen and oxygen atoms in total. The maximum atomic E-state index is 12.3. The molecule has 2 aliphatic rings. The number of benzene rings is 1. The van der Waals surface area contributed by atoms with Crippen molar-refractivity contribution in [3.8, 4) is 0 Å². The summed E-state index contributed by atoms with van der Waals surface area (Å²) in [6, 6.07) is 5.60. The van der Waals surface area contributed by atoms with Gasteiger partial charge in [-0.05, 0) is 55.9 Å². The fourth-order valence-electron chi connectivity index (χ4n) is 4.14. The third-order valence-electron chi connectivity index (χ3n) is 5.36. The second-order valence-corrected chi connectivity index (χ2v) is 7.42. The fraction of sp³-hybridized carbons (Fsp3) is 0.611. The summed E-state index contributed by atoms with van der Waals surface area (Å²) in [6.07, 6.45) is 6.87. The van der Waals surface area contributed by atoms with Crippen LogP contribution in [0.4, 0.5) is 5.69 Å². The molecule has 0 radical (unpaired) electrons. The van der Waals surface area contributed by atoms with Crippen molar-refractivity contribution in [1.29, 1.82) is 0 Å². The highest BCUT2D eigenvalue weighted by atomic mass is 35.5. The van der Waals surface area contributed by atoms with E-state index >= 15 is 0 Å². The summed E-state index contributed by atoms with van der Waals surface area (Å²) in [6.45, 7) is 4.89. The van der Waals surface area contributed by atoms with Gasteiger partial charge in [-0.1, -0.05) is 24.4 Å². The monoisotopic (exact) mass is 321 g/mol. The van der Waals surface area contributed by atoms with Crippen LogP contribution < -0.4 is 10.2 Å². The van der Waals surface area contributed by atoms with E-state index in [1.54, 1.807) is 0 Å². The van der Waals surface area contributed by atoms with Gasteiger partial charge >= 0.3 is 0 Å². The van der Waals surface area contributed by atoms with Crippen molar-refractivity contribution in [2.45, 2.75) is 39.0 Å². The van der Waals surface area contributed by atoms with Gasteiger partial charge in [-0.2, -0.15) is 0 Å². The molecule has 1 aliphatic heterocycles. The number of hydrogen-bond acceptors (Lipinski definition) is 1. The zero-order chi connectivity index (χ0) is 15.5. The van der Waals surface area contributed by atoms with E-state index in [0.717, 1.165) is 29.6 Å². The van der Waals surface area contributed by atoms with Crippen LogP contribution in [0, 0.1) is 18.8 Å². The largest absolute Gasteiger partial charge is 0.327 e. The number of carbonyl (C=O) groups excluding carboxylic acids is 1. The number of amides is 1. The normalized spacial score (nSPS) is 28.0. The first-order chi connectivity index (χ1) is 10.6. The molecule has 4 heteroatoms. The van der Waals surface area contributed by atoms with Crippen molar-refractivity contribution in [2.24, 2.45) is 11.8 Å². The molecule has 1 saturated heterocycles. The van der Waals surface area contributed by atoms with Crippen LogP contribution >= 0.6 is 11.6 Å². The van der Waals surface area contributed by atoms with Crippen LogP contribution in [0.1, 0.15) is 37.7 Å². The Morgan fingerprint density at radius 1 is 1.27 bits per heavy atom. The van der Waals surface area contributed by atoms with Crippen LogP contribution in [0.2, 0.25) is 5.02 Å². The standard InChI is InChI=1S/C18H25ClN2O/c1-13-10-16(19)6-7-17(13)20-18(22)12-21-9-8-14-4-2-3-5-15(14)11-21/h6-7,10,14-15H,2-5,8-9,11-12H2,1H3,(H,20,22)/p+1/t14-,15-/m1/s1. The Morgan fingerprint density at radius 3 is 2.82 bits per heavy atom. The zero-order valence-corrected chi connectivity index (χ0v) is 14.1. The van der Waals surface area contributed by atoms with Crippen molar-refractivity contribution in [1.82, 2.24) is 0 Å². The fourth-order valence-corrected chi connectivity index (χ4v) is 4.37. The molecule has 2 fully saturated rings. The van der Waals surface area contributed by atoms with E-state index in [2.05, 4.69) is 5.32 Å². The number of carbonyl (C=O) groups is 1. The van der Waals surface area contributed by atoms with Crippen LogP contribution in [0.3, 0.4) is 0 Å². The van der Waals surface area contributed by atoms with Gasteiger partial charge in [0.2, 0.25) is 0 Å². The van der Waals surface area contributed by atoms with E-state index in [4.69, 9.17) is 11.6 Å². The summed E-state index contributed by atoms with van der Waals surface area (Å²) in [7, 11) is 0. The van der Waals surface area contributed by atoms with Crippen LogP contribution in [-0.2, 0) is 4.79 Å². The van der Waals surface area contributed by atoms with Gasteiger partial charge in [0.25, 0.3) is 5.91 Å². The Balaban J connectivity index is 1.53. The predicted molar refractivity (Wildman–Crippen MR) is 90.4 cm³/mol. The molecule has 3 atom stereocenters. The van der Waals surface area contributed by atoms with Crippen molar-refractivity contribution in [3.05, 3.63) is 28.8 Å². The lowest BCUT2D eigenvalue weighted by molar-refractivity contribution is -0.902. The highest BCUT2D eigenvalue weighted by Gasteiger charge is 2.34. The molecule has 0 bridgehead atoms. The Labute approximate surface area is 138 Å². The van der Waals surface area contributed by atoms with Crippen LogP contribution in [0.5, 0.6) is 0 Å². The first-order valence-corrected chi connectivity index (χ1v) is 8.89. The molecule has 1 aromatic carbocycles. The average molecular weight is 322 g/mol. The molecule has 1 heterocycles. The molecule has 3 rings (SSSR count). The number of likely N-dealkylation sites (tertiary alicyclic amines) is 1.